The molecule has 158 valence electrons. The van der Waals surface area contributed by atoms with Crippen molar-refractivity contribution in [2.75, 3.05) is 5.73 Å². The quantitative estimate of drug-likeness (QED) is 0.386. The molecular formula is C24H18ClN5O2. The van der Waals surface area contributed by atoms with Gasteiger partial charge in [-0.15, -0.1) is 0 Å². The lowest BCUT2D eigenvalue weighted by Crippen LogP contribution is -2.26. The summed E-state index contributed by atoms with van der Waals surface area (Å²) in [5, 5.41) is 4.11. The number of amides is 1. The minimum Gasteiger partial charge on any atom is -0.434 e. The second kappa shape index (κ2) is 8.28. The summed E-state index contributed by atoms with van der Waals surface area (Å²) >= 11 is 5.95. The maximum atomic E-state index is 13.0. The lowest BCUT2D eigenvalue weighted by molar-refractivity contribution is 0.0940. The Kier molecular flexibility index (Phi) is 5.17. The normalized spacial score (nSPS) is 11.2. The van der Waals surface area contributed by atoms with E-state index in [9.17, 15) is 4.79 Å². The summed E-state index contributed by atoms with van der Waals surface area (Å²) in [6.45, 7) is 0.227. The van der Waals surface area contributed by atoms with Gasteiger partial charge in [0, 0.05) is 29.9 Å². The molecule has 0 aliphatic carbocycles. The van der Waals surface area contributed by atoms with Crippen LogP contribution in [0, 0.1) is 0 Å². The molecule has 0 aliphatic heterocycles. The fourth-order valence-electron chi connectivity index (χ4n) is 3.53. The van der Waals surface area contributed by atoms with Crippen molar-refractivity contribution >= 4 is 45.4 Å². The molecule has 0 saturated carbocycles. The number of rotatable bonds is 5. The number of nitrogens with zero attached hydrogens (tertiary/aromatic N) is 3. The topological polar surface area (TPSA) is 107 Å². The second-order valence-corrected chi connectivity index (χ2v) is 7.75. The van der Waals surface area contributed by atoms with Gasteiger partial charge in [-0.1, -0.05) is 48.0 Å². The molecule has 0 spiro atoms. The van der Waals surface area contributed by atoms with Crippen LogP contribution in [0.15, 0.2) is 71.3 Å². The minimum absolute atomic E-state index is 0.0579. The molecule has 3 N–H and O–H groups in total. The number of benzene rings is 2. The molecule has 8 heteroatoms. The lowest BCUT2D eigenvalue weighted by atomic mass is 10.1. The van der Waals surface area contributed by atoms with Crippen molar-refractivity contribution in [2.45, 2.75) is 13.0 Å². The first kappa shape index (κ1) is 20.0. The van der Waals surface area contributed by atoms with Gasteiger partial charge in [0.1, 0.15) is 5.52 Å². The summed E-state index contributed by atoms with van der Waals surface area (Å²) < 4.78 is 5.95. The maximum absolute atomic E-state index is 13.0. The van der Waals surface area contributed by atoms with E-state index in [-0.39, 0.29) is 12.4 Å². The molecule has 0 radical (unpaired) electrons. The third-order valence-corrected chi connectivity index (χ3v) is 5.36. The van der Waals surface area contributed by atoms with Crippen molar-refractivity contribution in [3.05, 3.63) is 94.5 Å². The summed E-state index contributed by atoms with van der Waals surface area (Å²) in [7, 11) is 0. The number of nitrogens with two attached hydrogens (primary N) is 1. The van der Waals surface area contributed by atoms with Crippen molar-refractivity contribution in [1.29, 1.82) is 0 Å². The molecule has 0 atom stereocenters. The molecule has 0 aliphatic rings. The smallest absolute Gasteiger partial charge is 0.289 e. The SMILES string of the molecule is Nc1cc(Cl)ccc1CNC(=O)c1nc(Cc2ccccc2)c2oc3ncccc3c2n1. The monoisotopic (exact) mass is 443 g/mol. The minimum atomic E-state index is -0.409. The molecule has 3 heterocycles. The standard InChI is InChI=1S/C24H18ClN5O2/c25-16-9-8-15(18(26)12-16)13-28-23(31)22-29-19(11-14-5-2-1-3-6-14)21-20(30-22)17-7-4-10-27-24(17)32-21/h1-10,12H,11,13,26H2,(H,28,31). The van der Waals surface area contributed by atoms with E-state index in [0.717, 1.165) is 16.5 Å². The number of carbonyl (C=O) groups is 1. The van der Waals surface area contributed by atoms with Crippen LogP contribution in [-0.2, 0) is 13.0 Å². The van der Waals surface area contributed by atoms with E-state index < -0.39 is 5.91 Å². The molecule has 7 nitrogen and oxygen atoms in total. The zero-order chi connectivity index (χ0) is 22.1. The van der Waals surface area contributed by atoms with Gasteiger partial charge in [0.25, 0.3) is 5.91 Å². The fourth-order valence-corrected chi connectivity index (χ4v) is 3.71. The Balaban J connectivity index is 1.53. The molecule has 0 saturated heterocycles. The van der Waals surface area contributed by atoms with Gasteiger partial charge in [-0.05, 0) is 35.4 Å². The second-order valence-electron chi connectivity index (χ2n) is 7.32. The maximum Gasteiger partial charge on any atom is 0.289 e. The van der Waals surface area contributed by atoms with E-state index in [1.165, 1.54) is 0 Å². The highest BCUT2D eigenvalue weighted by molar-refractivity contribution is 6.30. The fraction of sp³-hybridized carbons (Fsp3) is 0.0833. The summed E-state index contributed by atoms with van der Waals surface area (Å²) in [5.74, 6) is -0.351. The molecule has 1 amide bonds. The van der Waals surface area contributed by atoms with Crippen LogP contribution in [0.1, 0.15) is 27.4 Å². The summed E-state index contributed by atoms with van der Waals surface area (Å²) in [4.78, 5) is 26.3. The average molecular weight is 444 g/mol. The number of nitrogen functional groups attached to an aromatic ring is 1. The predicted octanol–water partition coefficient (Wildman–Crippen LogP) is 4.53. The van der Waals surface area contributed by atoms with Gasteiger partial charge < -0.3 is 15.5 Å². The van der Waals surface area contributed by atoms with E-state index in [2.05, 4.69) is 20.3 Å². The van der Waals surface area contributed by atoms with Crippen molar-refractivity contribution < 1.29 is 9.21 Å². The van der Waals surface area contributed by atoms with Crippen LogP contribution in [0.2, 0.25) is 5.02 Å². The highest BCUT2D eigenvalue weighted by Crippen LogP contribution is 2.28. The third-order valence-electron chi connectivity index (χ3n) is 5.13. The van der Waals surface area contributed by atoms with E-state index in [1.54, 1.807) is 30.5 Å². The molecule has 0 bridgehead atoms. The largest absolute Gasteiger partial charge is 0.434 e. The number of hydrogen-bond donors (Lipinski definition) is 2. The van der Waals surface area contributed by atoms with Crippen molar-refractivity contribution in [3.8, 4) is 0 Å². The Morgan fingerprint density at radius 3 is 2.72 bits per heavy atom. The Morgan fingerprint density at radius 1 is 1.06 bits per heavy atom. The van der Waals surface area contributed by atoms with Gasteiger partial charge in [0.2, 0.25) is 11.5 Å². The number of anilines is 1. The number of nitrogens with one attached hydrogen (secondary N) is 1. The average Bonchev–Trinajstić information content (AvgIpc) is 3.18. The van der Waals surface area contributed by atoms with Crippen molar-refractivity contribution in [1.82, 2.24) is 20.3 Å². The number of halogens is 1. The summed E-state index contributed by atoms with van der Waals surface area (Å²) in [6.07, 6.45) is 2.14. The molecule has 0 fully saturated rings. The van der Waals surface area contributed by atoms with Crippen molar-refractivity contribution in [3.63, 3.8) is 0 Å². The van der Waals surface area contributed by atoms with Crippen LogP contribution in [0.25, 0.3) is 22.2 Å². The molecule has 5 aromatic rings. The molecule has 32 heavy (non-hydrogen) atoms. The molecule has 5 rings (SSSR count). The van der Waals surface area contributed by atoms with Crippen LogP contribution < -0.4 is 11.1 Å². The van der Waals surface area contributed by atoms with E-state index in [1.807, 2.05) is 36.4 Å². The van der Waals surface area contributed by atoms with Crippen LogP contribution in [-0.4, -0.2) is 20.9 Å². The van der Waals surface area contributed by atoms with Crippen LogP contribution in [0.3, 0.4) is 0 Å². The molecule has 0 unspecified atom stereocenters. The van der Waals surface area contributed by atoms with Crippen LogP contribution in [0.5, 0.6) is 0 Å². The first-order chi connectivity index (χ1) is 15.6. The van der Waals surface area contributed by atoms with Gasteiger partial charge in [0.15, 0.2) is 5.58 Å². The van der Waals surface area contributed by atoms with E-state index >= 15 is 0 Å². The van der Waals surface area contributed by atoms with Crippen LogP contribution >= 0.6 is 11.6 Å². The summed E-state index contributed by atoms with van der Waals surface area (Å²) in [5.41, 5.74) is 10.5. The number of furan rings is 1. The lowest BCUT2D eigenvalue weighted by Gasteiger charge is -2.09. The number of pyridine rings is 1. The molecule has 3 aromatic heterocycles. The highest BCUT2D eigenvalue weighted by Gasteiger charge is 2.20. The van der Waals surface area contributed by atoms with Crippen LogP contribution in [0.4, 0.5) is 5.69 Å². The third kappa shape index (κ3) is 3.86. The number of hydrogen-bond acceptors (Lipinski definition) is 6. The van der Waals surface area contributed by atoms with Gasteiger partial charge >= 0.3 is 0 Å². The van der Waals surface area contributed by atoms with Crippen molar-refractivity contribution in [2.24, 2.45) is 0 Å². The first-order valence-electron chi connectivity index (χ1n) is 9.98. The van der Waals surface area contributed by atoms with Gasteiger partial charge in [0.05, 0.1) is 11.1 Å². The number of aromatic nitrogens is 3. The van der Waals surface area contributed by atoms with E-state index in [0.29, 0.717) is 39.6 Å². The molecular weight excluding hydrogens is 426 g/mol. The predicted molar refractivity (Wildman–Crippen MR) is 123 cm³/mol. The molecule has 2 aromatic carbocycles. The zero-order valence-corrected chi connectivity index (χ0v) is 17.6. The highest BCUT2D eigenvalue weighted by atomic mass is 35.5. The Hall–Kier alpha value is -3.97. The van der Waals surface area contributed by atoms with Gasteiger partial charge in [-0.25, -0.2) is 15.0 Å². The zero-order valence-electron chi connectivity index (χ0n) is 16.9. The number of fused-ring (bicyclic) bond motifs is 3. The van der Waals surface area contributed by atoms with Gasteiger partial charge in [-0.3, -0.25) is 4.79 Å². The summed E-state index contributed by atoms with van der Waals surface area (Å²) in [6, 6.07) is 18.7. The number of carbonyl (C=O) groups excluding carboxylic acids is 1. The first-order valence-corrected chi connectivity index (χ1v) is 10.4. The van der Waals surface area contributed by atoms with Gasteiger partial charge in [-0.2, -0.15) is 0 Å². The van der Waals surface area contributed by atoms with E-state index in [4.69, 9.17) is 21.8 Å². The Bertz CT molecular complexity index is 1450. The Morgan fingerprint density at radius 2 is 1.91 bits per heavy atom. The Labute approximate surface area is 188 Å².